The molecule has 5 nitrogen and oxygen atoms in total. The molecule has 0 saturated carbocycles. The van der Waals surface area contributed by atoms with Crippen LogP contribution in [0.1, 0.15) is 63.0 Å². The summed E-state index contributed by atoms with van der Waals surface area (Å²) in [7, 11) is -4.64. The van der Waals surface area contributed by atoms with E-state index in [-0.39, 0.29) is 6.42 Å². The van der Waals surface area contributed by atoms with Crippen LogP contribution in [0.15, 0.2) is 24.3 Å². The fraction of sp³-hybridized carbons (Fsp3) is 0.684. The van der Waals surface area contributed by atoms with Crippen molar-refractivity contribution in [1.29, 1.82) is 0 Å². The van der Waals surface area contributed by atoms with Crippen LogP contribution in [0, 0.1) is 0 Å². The Hall–Kier alpha value is -0.780. The number of phosphoric ester groups is 1. The molecule has 1 aromatic carbocycles. The summed E-state index contributed by atoms with van der Waals surface area (Å²) in [5.74, 6) is 0. The van der Waals surface area contributed by atoms with Crippen LogP contribution < -0.4 is 5.73 Å². The number of rotatable bonds is 14. The average Bonchev–Trinajstić information content (AvgIpc) is 2.61. The van der Waals surface area contributed by atoms with Gasteiger partial charge in [-0.3, -0.25) is 4.52 Å². The standard InChI is InChI=1S/C19H33FNO4P/c1-2-3-4-5-6-7-8-17-9-11-18(12-10-17)13-14-19(21,15-20)16-25-26(22,23)24/h9-12H,2-8,13-16,21H2,1H3,(H2,22,23,24)/i20-1. The molecule has 0 aliphatic heterocycles. The Bertz CT molecular complexity index is 549. The molecule has 4 N–H and O–H groups in total. The molecule has 0 saturated heterocycles. The zero-order valence-electron chi connectivity index (χ0n) is 15.7. The van der Waals surface area contributed by atoms with Crippen LogP contribution in [0.2, 0.25) is 0 Å². The molecule has 1 aromatic rings. The van der Waals surface area contributed by atoms with E-state index in [1.165, 1.54) is 44.1 Å². The van der Waals surface area contributed by atoms with Crippen LogP contribution in [0.3, 0.4) is 0 Å². The van der Waals surface area contributed by atoms with Gasteiger partial charge in [0.1, 0.15) is 6.67 Å². The first-order valence-electron chi connectivity index (χ1n) is 9.41. The van der Waals surface area contributed by atoms with E-state index in [9.17, 15) is 8.96 Å². The highest BCUT2D eigenvalue weighted by Crippen LogP contribution is 2.37. The Labute approximate surface area is 156 Å². The second kappa shape index (κ2) is 11.8. The van der Waals surface area contributed by atoms with Gasteiger partial charge in [-0.15, -0.1) is 0 Å². The number of alkyl halides is 1. The van der Waals surface area contributed by atoms with E-state index in [0.29, 0.717) is 6.42 Å². The fourth-order valence-corrected chi connectivity index (χ4v) is 3.19. The second-order valence-electron chi connectivity index (χ2n) is 7.09. The van der Waals surface area contributed by atoms with Crippen molar-refractivity contribution in [1.82, 2.24) is 0 Å². The monoisotopic (exact) mass is 388 g/mol. The molecule has 0 bridgehead atoms. The zero-order chi connectivity index (χ0) is 19.5. The molecule has 0 fully saturated rings. The normalized spacial score (nSPS) is 14.3. The largest absolute Gasteiger partial charge is 0.469 e. The quantitative estimate of drug-likeness (QED) is 0.326. The maximum absolute atomic E-state index is 13.2. The van der Waals surface area contributed by atoms with Crippen molar-refractivity contribution in [2.45, 2.75) is 70.3 Å². The summed E-state index contributed by atoms with van der Waals surface area (Å²) in [6, 6.07) is 8.19. The van der Waals surface area contributed by atoms with Crippen molar-refractivity contribution < 1.29 is 23.3 Å². The molecule has 7 heteroatoms. The Balaban J connectivity index is 2.37. The first kappa shape index (κ1) is 23.3. The number of benzene rings is 1. The summed E-state index contributed by atoms with van der Waals surface area (Å²) in [6.45, 7) is 0.807. The first-order valence-corrected chi connectivity index (χ1v) is 10.9. The SMILES string of the molecule is CCCCCCCCc1ccc(CCC(N)(C[18F])COP(=O)(O)O)cc1. The van der Waals surface area contributed by atoms with Gasteiger partial charge in [0.25, 0.3) is 0 Å². The summed E-state index contributed by atoms with van der Waals surface area (Å²) in [5, 5.41) is 0. The number of nitrogens with two attached hydrogens (primary N) is 1. The van der Waals surface area contributed by atoms with Crippen molar-refractivity contribution in [2.24, 2.45) is 5.73 Å². The van der Waals surface area contributed by atoms with Gasteiger partial charge in [-0.1, -0.05) is 63.3 Å². The molecule has 0 aliphatic carbocycles. The number of phosphoric acid groups is 1. The van der Waals surface area contributed by atoms with Gasteiger partial charge in [-0.05, 0) is 36.8 Å². The van der Waals surface area contributed by atoms with Crippen molar-refractivity contribution in [3.05, 3.63) is 35.4 Å². The van der Waals surface area contributed by atoms with Gasteiger partial charge in [0.2, 0.25) is 0 Å². The highest BCUT2D eigenvalue weighted by molar-refractivity contribution is 7.46. The molecule has 0 amide bonds. The van der Waals surface area contributed by atoms with Gasteiger partial charge in [0.15, 0.2) is 0 Å². The van der Waals surface area contributed by atoms with Crippen LogP contribution in [0.5, 0.6) is 0 Å². The summed E-state index contributed by atoms with van der Waals surface area (Å²) in [5.41, 5.74) is 6.78. The zero-order valence-corrected chi connectivity index (χ0v) is 16.6. The molecule has 0 spiro atoms. The Kier molecular flexibility index (Phi) is 10.6. The maximum Gasteiger partial charge on any atom is 0.469 e. The first-order chi connectivity index (χ1) is 12.3. The lowest BCUT2D eigenvalue weighted by Crippen LogP contribution is -2.47. The molecular weight excluding hydrogens is 355 g/mol. The third-order valence-electron chi connectivity index (χ3n) is 4.54. The van der Waals surface area contributed by atoms with Gasteiger partial charge in [0, 0.05) is 0 Å². The molecule has 0 aromatic heterocycles. The number of aryl methyl sites for hydroxylation is 2. The lowest BCUT2D eigenvalue weighted by atomic mass is 9.93. The van der Waals surface area contributed by atoms with Crippen LogP contribution >= 0.6 is 7.82 Å². The molecular formula is C19H33FNO4P. The lowest BCUT2D eigenvalue weighted by Gasteiger charge is -2.26. The van der Waals surface area contributed by atoms with Crippen molar-refractivity contribution in [3.63, 3.8) is 0 Å². The minimum absolute atomic E-state index is 0.250. The van der Waals surface area contributed by atoms with Crippen molar-refractivity contribution >= 4 is 7.82 Å². The molecule has 0 radical (unpaired) electrons. The predicted octanol–water partition coefficient (Wildman–Crippen LogP) is 4.30. The van der Waals surface area contributed by atoms with E-state index in [1.807, 2.05) is 12.1 Å². The minimum Gasteiger partial charge on any atom is -0.321 e. The average molecular weight is 388 g/mol. The highest BCUT2D eigenvalue weighted by Gasteiger charge is 2.29. The van der Waals surface area contributed by atoms with E-state index in [2.05, 4.69) is 23.6 Å². The molecule has 1 atom stereocenters. The van der Waals surface area contributed by atoms with Crippen molar-refractivity contribution in [3.8, 4) is 0 Å². The van der Waals surface area contributed by atoms with Gasteiger partial charge in [-0.2, -0.15) is 0 Å². The minimum atomic E-state index is -4.64. The fourth-order valence-electron chi connectivity index (χ4n) is 2.77. The Morgan fingerprint density at radius 2 is 1.58 bits per heavy atom. The lowest BCUT2D eigenvalue weighted by molar-refractivity contribution is 0.130. The smallest absolute Gasteiger partial charge is 0.321 e. The van der Waals surface area contributed by atoms with Crippen LogP contribution in [-0.4, -0.2) is 28.6 Å². The highest BCUT2D eigenvalue weighted by atomic mass is 31.2. The van der Waals surface area contributed by atoms with Gasteiger partial charge >= 0.3 is 7.82 Å². The van der Waals surface area contributed by atoms with E-state index >= 15 is 0 Å². The van der Waals surface area contributed by atoms with Gasteiger partial charge < -0.3 is 15.5 Å². The summed E-state index contributed by atoms with van der Waals surface area (Å²) < 4.78 is 28.3. The van der Waals surface area contributed by atoms with Gasteiger partial charge in [-0.25, -0.2) is 8.96 Å². The third-order valence-corrected chi connectivity index (χ3v) is 5.01. The third kappa shape index (κ3) is 10.4. The van der Waals surface area contributed by atoms with E-state index in [1.54, 1.807) is 0 Å². The summed E-state index contributed by atoms with van der Waals surface area (Å²) >= 11 is 0. The number of halogens is 1. The topological polar surface area (TPSA) is 92.8 Å². The molecule has 26 heavy (non-hydrogen) atoms. The maximum atomic E-state index is 13.2. The Morgan fingerprint density at radius 1 is 1.04 bits per heavy atom. The molecule has 1 unspecified atom stereocenters. The second-order valence-corrected chi connectivity index (χ2v) is 8.33. The van der Waals surface area contributed by atoms with E-state index < -0.39 is 26.6 Å². The predicted molar refractivity (Wildman–Crippen MR) is 103 cm³/mol. The summed E-state index contributed by atoms with van der Waals surface area (Å²) in [6.07, 6.45) is 9.48. The van der Waals surface area contributed by atoms with Gasteiger partial charge in [0.05, 0.1) is 12.1 Å². The summed E-state index contributed by atoms with van der Waals surface area (Å²) in [4.78, 5) is 17.5. The van der Waals surface area contributed by atoms with Crippen molar-refractivity contribution in [2.75, 3.05) is 13.3 Å². The van der Waals surface area contributed by atoms with E-state index in [0.717, 1.165) is 12.0 Å². The molecule has 0 aliphatic rings. The molecule has 150 valence electrons. The number of hydrogen-bond acceptors (Lipinski definition) is 3. The number of hydrogen-bond donors (Lipinski definition) is 3. The van der Waals surface area contributed by atoms with E-state index in [4.69, 9.17) is 15.5 Å². The van der Waals surface area contributed by atoms with Crippen LogP contribution in [-0.2, 0) is 21.9 Å². The Morgan fingerprint density at radius 3 is 2.12 bits per heavy atom. The molecule has 1 rings (SSSR count). The van der Waals surface area contributed by atoms with Crippen LogP contribution in [0.4, 0.5) is 4.39 Å². The molecule has 0 heterocycles. The van der Waals surface area contributed by atoms with Crippen LogP contribution in [0.25, 0.3) is 0 Å². The number of unbranched alkanes of at least 4 members (excludes halogenated alkanes) is 5.